The highest BCUT2D eigenvalue weighted by Crippen LogP contribution is 1.77. The molecule has 3 heteroatoms. The van der Waals surface area contributed by atoms with Crippen molar-refractivity contribution in [1.29, 1.82) is 0 Å². The number of aliphatic hydroxyl groups is 2. The number of nitrogens with two attached hydrogens (primary N) is 1. The third-order valence-corrected chi connectivity index (χ3v) is 0.744. The number of aliphatic hydroxyl groups excluding tert-OH is 2. The Bertz CT molecular complexity index is 38.0. The Hall–Kier alpha value is -0.120. The van der Waals surface area contributed by atoms with Gasteiger partial charge < -0.3 is 15.9 Å². The molecule has 0 amide bonds. The Balaban J connectivity index is 0. The summed E-state index contributed by atoms with van der Waals surface area (Å²) in [6, 6.07) is 0.384. The maximum absolute atomic E-state index is 7.62. The second-order valence-electron chi connectivity index (χ2n) is 1.83. The molecule has 0 aromatic rings. The average molecular weight is 135 g/mol. The van der Waals surface area contributed by atoms with E-state index in [1.807, 2.05) is 6.92 Å². The minimum atomic E-state index is -0.125. The van der Waals surface area contributed by atoms with E-state index in [9.17, 15) is 0 Å². The van der Waals surface area contributed by atoms with Crippen molar-refractivity contribution in [3.8, 4) is 0 Å². The SMILES string of the molecule is CCC(C)N.OCCO. The monoisotopic (exact) mass is 135 g/mol. The van der Waals surface area contributed by atoms with Crippen LogP contribution in [0.15, 0.2) is 0 Å². The first-order valence-electron chi connectivity index (χ1n) is 3.16. The Labute approximate surface area is 56.5 Å². The summed E-state index contributed by atoms with van der Waals surface area (Å²) in [7, 11) is 0. The summed E-state index contributed by atoms with van der Waals surface area (Å²) in [4.78, 5) is 0. The Morgan fingerprint density at radius 2 is 1.56 bits per heavy atom. The smallest absolute Gasteiger partial charge is 0.0662 e. The van der Waals surface area contributed by atoms with Crippen LogP contribution in [0.1, 0.15) is 20.3 Å². The molecule has 0 radical (unpaired) electrons. The van der Waals surface area contributed by atoms with Gasteiger partial charge in [-0.1, -0.05) is 6.92 Å². The van der Waals surface area contributed by atoms with Crippen LogP contribution in [0.4, 0.5) is 0 Å². The fourth-order valence-electron chi connectivity index (χ4n) is 0. The lowest BCUT2D eigenvalue weighted by atomic mass is 10.3. The molecule has 0 bridgehead atoms. The minimum Gasteiger partial charge on any atom is -0.394 e. The molecule has 58 valence electrons. The van der Waals surface area contributed by atoms with Crippen LogP contribution >= 0.6 is 0 Å². The standard InChI is InChI=1S/C4H11N.C2H6O2/c1-3-4(2)5;3-1-2-4/h4H,3,5H2,1-2H3;3-4H,1-2H2. The van der Waals surface area contributed by atoms with Gasteiger partial charge in [-0.15, -0.1) is 0 Å². The van der Waals surface area contributed by atoms with Gasteiger partial charge in [0.25, 0.3) is 0 Å². The zero-order valence-corrected chi connectivity index (χ0v) is 6.17. The molecule has 9 heavy (non-hydrogen) atoms. The molecule has 0 saturated carbocycles. The van der Waals surface area contributed by atoms with Gasteiger partial charge in [0, 0.05) is 6.04 Å². The highest BCUT2D eigenvalue weighted by Gasteiger charge is 1.79. The van der Waals surface area contributed by atoms with Crippen LogP contribution in [0.2, 0.25) is 0 Å². The lowest BCUT2D eigenvalue weighted by Crippen LogP contribution is -2.11. The molecule has 3 nitrogen and oxygen atoms in total. The van der Waals surface area contributed by atoms with E-state index in [1.165, 1.54) is 0 Å². The van der Waals surface area contributed by atoms with Gasteiger partial charge in [0.2, 0.25) is 0 Å². The molecular formula is C6H17NO2. The van der Waals surface area contributed by atoms with Gasteiger partial charge in [-0.3, -0.25) is 0 Å². The molecule has 0 aromatic carbocycles. The van der Waals surface area contributed by atoms with Crippen LogP contribution in [0.5, 0.6) is 0 Å². The molecule has 0 aliphatic carbocycles. The molecule has 1 unspecified atom stereocenters. The topological polar surface area (TPSA) is 66.5 Å². The Morgan fingerprint density at radius 3 is 1.56 bits per heavy atom. The maximum atomic E-state index is 7.62. The Kier molecular flexibility index (Phi) is 14.0. The summed E-state index contributed by atoms with van der Waals surface area (Å²) in [6.07, 6.45) is 1.08. The second-order valence-corrected chi connectivity index (χ2v) is 1.83. The van der Waals surface area contributed by atoms with E-state index in [-0.39, 0.29) is 13.2 Å². The molecule has 0 aliphatic heterocycles. The summed E-state index contributed by atoms with van der Waals surface area (Å²) in [5, 5.41) is 15.2. The second kappa shape index (κ2) is 10.8. The van der Waals surface area contributed by atoms with Crippen LogP contribution in [0.25, 0.3) is 0 Å². The molecule has 0 aromatic heterocycles. The van der Waals surface area contributed by atoms with Gasteiger partial charge >= 0.3 is 0 Å². The largest absolute Gasteiger partial charge is 0.394 e. The van der Waals surface area contributed by atoms with E-state index >= 15 is 0 Å². The number of rotatable bonds is 2. The van der Waals surface area contributed by atoms with Crippen LogP contribution in [-0.4, -0.2) is 29.5 Å². The third-order valence-electron chi connectivity index (χ3n) is 0.744. The van der Waals surface area contributed by atoms with Crippen molar-refractivity contribution in [2.24, 2.45) is 5.73 Å². The lowest BCUT2D eigenvalue weighted by Gasteiger charge is -1.91. The zero-order chi connectivity index (χ0) is 7.70. The van der Waals surface area contributed by atoms with Crippen molar-refractivity contribution < 1.29 is 10.2 Å². The van der Waals surface area contributed by atoms with Gasteiger partial charge in [-0.05, 0) is 13.3 Å². The molecule has 0 spiro atoms. The van der Waals surface area contributed by atoms with Crippen molar-refractivity contribution in [3.63, 3.8) is 0 Å². The van der Waals surface area contributed by atoms with Gasteiger partial charge in [-0.25, -0.2) is 0 Å². The average Bonchev–Trinajstić information content (AvgIpc) is 1.89. The molecule has 1 atom stereocenters. The quantitative estimate of drug-likeness (QED) is 0.487. The molecule has 0 saturated heterocycles. The molecule has 0 rings (SSSR count). The number of hydrogen-bond donors (Lipinski definition) is 3. The molecule has 0 aliphatic rings. The van der Waals surface area contributed by atoms with Crippen molar-refractivity contribution in [1.82, 2.24) is 0 Å². The normalized spacial score (nSPS) is 11.7. The van der Waals surface area contributed by atoms with Crippen LogP contribution in [-0.2, 0) is 0 Å². The summed E-state index contributed by atoms with van der Waals surface area (Å²) in [6.45, 7) is 3.82. The minimum absolute atomic E-state index is 0.125. The van der Waals surface area contributed by atoms with E-state index in [1.54, 1.807) is 0 Å². The summed E-state index contributed by atoms with van der Waals surface area (Å²) < 4.78 is 0. The van der Waals surface area contributed by atoms with Gasteiger partial charge in [-0.2, -0.15) is 0 Å². The van der Waals surface area contributed by atoms with E-state index in [0.29, 0.717) is 6.04 Å². The maximum Gasteiger partial charge on any atom is 0.0662 e. The fraction of sp³-hybridized carbons (Fsp3) is 1.00. The van der Waals surface area contributed by atoms with E-state index in [4.69, 9.17) is 15.9 Å². The van der Waals surface area contributed by atoms with Crippen molar-refractivity contribution in [2.75, 3.05) is 13.2 Å². The molecule has 0 heterocycles. The van der Waals surface area contributed by atoms with E-state index < -0.39 is 0 Å². The summed E-state index contributed by atoms with van der Waals surface area (Å²) in [5.74, 6) is 0. The van der Waals surface area contributed by atoms with Crippen LogP contribution in [0.3, 0.4) is 0 Å². The van der Waals surface area contributed by atoms with Crippen LogP contribution < -0.4 is 5.73 Å². The first kappa shape index (κ1) is 11.6. The highest BCUT2D eigenvalue weighted by atomic mass is 16.3. The van der Waals surface area contributed by atoms with Gasteiger partial charge in [0.05, 0.1) is 13.2 Å². The predicted molar refractivity (Wildman–Crippen MR) is 38.1 cm³/mol. The summed E-state index contributed by atoms with van der Waals surface area (Å²) in [5.41, 5.74) is 5.29. The number of hydrogen-bond acceptors (Lipinski definition) is 3. The first-order chi connectivity index (χ1) is 4.18. The fourth-order valence-corrected chi connectivity index (χ4v) is 0. The first-order valence-corrected chi connectivity index (χ1v) is 3.16. The van der Waals surface area contributed by atoms with E-state index in [0.717, 1.165) is 6.42 Å². The van der Waals surface area contributed by atoms with Crippen molar-refractivity contribution in [2.45, 2.75) is 26.3 Å². The lowest BCUT2D eigenvalue weighted by molar-refractivity contribution is 0.186. The molecule has 0 fully saturated rings. The zero-order valence-electron chi connectivity index (χ0n) is 6.17. The van der Waals surface area contributed by atoms with Crippen molar-refractivity contribution >= 4 is 0 Å². The molecule has 4 N–H and O–H groups in total. The van der Waals surface area contributed by atoms with Crippen molar-refractivity contribution in [3.05, 3.63) is 0 Å². The molecular weight excluding hydrogens is 118 g/mol. The highest BCUT2D eigenvalue weighted by molar-refractivity contribution is 4.43. The van der Waals surface area contributed by atoms with Gasteiger partial charge in [0.1, 0.15) is 0 Å². The van der Waals surface area contributed by atoms with Gasteiger partial charge in [0.15, 0.2) is 0 Å². The summed E-state index contributed by atoms with van der Waals surface area (Å²) >= 11 is 0. The Morgan fingerprint density at radius 1 is 1.33 bits per heavy atom. The predicted octanol–water partition coefficient (Wildman–Crippen LogP) is -0.285. The van der Waals surface area contributed by atoms with E-state index in [2.05, 4.69) is 6.92 Å². The third kappa shape index (κ3) is 32.8. The van der Waals surface area contributed by atoms with Crippen LogP contribution in [0, 0.1) is 0 Å².